The van der Waals surface area contributed by atoms with Crippen LogP contribution >= 0.6 is 23.2 Å². The van der Waals surface area contributed by atoms with Crippen LogP contribution < -0.4 is 11.1 Å². The molecule has 3 N–H and O–H groups in total. The summed E-state index contributed by atoms with van der Waals surface area (Å²) in [6.45, 7) is 0. The smallest absolute Gasteiger partial charge is 0.258 e. The van der Waals surface area contributed by atoms with Crippen LogP contribution in [0.1, 0.15) is 10.4 Å². The van der Waals surface area contributed by atoms with Gasteiger partial charge < -0.3 is 11.1 Å². The van der Waals surface area contributed by atoms with E-state index in [2.05, 4.69) is 10.3 Å². The molecule has 0 unspecified atom stereocenters. The summed E-state index contributed by atoms with van der Waals surface area (Å²) in [6.07, 6.45) is 1.24. The van der Waals surface area contributed by atoms with Crippen LogP contribution in [0.15, 0.2) is 30.5 Å². The van der Waals surface area contributed by atoms with Gasteiger partial charge in [0.1, 0.15) is 0 Å². The number of carbonyl (C=O) groups excluding carboxylic acids is 1. The Morgan fingerprint density at radius 3 is 2.79 bits per heavy atom. The number of nitrogen functional groups attached to an aromatic ring is 1. The van der Waals surface area contributed by atoms with Crippen molar-refractivity contribution >= 4 is 40.6 Å². The molecule has 0 aliphatic heterocycles. The van der Waals surface area contributed by atoms with Crippen LogP contribution in [-0.4, -0.2) is 10.9 Å². The van der Waals surface area contributed by atoms with Gasteiger partial charge in [-0.1, -0.05) is 29.3 Å². The molecular weight excluding hydrogens is 292 g/mol. The molecule has 98 valence electrons. The Morgan fingerprint density at radius 1 is 1.32 bits per heavy atom. The summed E-state index contributed by atoms with van der Waals surface area (Å²) in [5, 5.41) is 2.92. The van der Waals surface area contributed by atoms with Crippen LogP contribution in [0.2, 0.25) is 10.0 Å². The van der Waals surface area contributed by atoms with E-state index in [-0.39, 0.29) is 27.1 Å². The van der Waals surface area contributed by atoms with E-state index in [0.29, 0.717) is 0 Å². The number of hydrogen-bond donors (Lipinski definition) is 2. The molecule has 0 aliphatic rings. The first-order valence-corrected chi connectivity index (χ1v) is 5.91. The maximum atomic E-state index is 13.6. The molecule has 2 rings (SSSR count). The van der Waals surface area contributed by atoms with Gasteiger partial charge in [0.05, 0.1) is 21.3 Å². The number of nitrogens with one attached hydrogen (secondary N) is 1. The molecule has 1 aromatic heterocycles. The van der Waals surface area contributed by atoms with E-state index in [1.54, 1.807) is 18.2 Å². The number of nitrogens with zero attached hydrogens (tertiary/aromatic N) is 1. The second kappa shape index (κ2) is 5.42. The lowest BCUT2D eigenvalue weighted by Crippen LogP contribution is -2.15. The molecule has 19 heavy (non-hydrogen) atoms. The highest BCUT2D eigenvalue weighted by atomic mass is 35.5. The van der Waals surface area contributed by atoms with Gasteiger partial charge >= 0.3 is 0 Å². The number of halogens is 3. The number of hydrogen-bond acceptors (Lipinski definition) is 3. The second-order valence-electron chi connectivity index (χ2n) is 3.61. The number of carbonyl (C=O) groups is 1. The Balaban J connectivity index is 2.31. The maximum Gasteiger partial charge on any atom is 0.258 e. The molecule has 0 saturated carbocycles. The first kappa shape index (κ1) is 13.6. The number of benzene rings is 1. The van der Waals surface area contributed by atoms with Gasteiger partial charge in [-0.05, 0) is 18.2 Å². The lowest BCUT2D eigenvalue weighted by Gasteiger charge is -2.09. The third kappa shape index (κ3) is 2.77. The van der Waals surface area contributed by atoms with E-state index < -0.39 is 11.7 Å². The van der Waals surface area contributed by atoms with Crippen molar-refractivity contribution in [3.63, 3.8) is 0 Å². The van der Waals surface area contributed by atoms with Crippen LogP contribution in [-0.2, 0) is 0 Å². The summed E-state index contributed by atoms with van der Waals surface area (Å²) in [5.41, 5.74) is 5.36. The third-order valence-corrected chi connectivity index (χ3v) is 3.18. The van der Waals surface area contributed by atoms with Gasteiger partial charge in [-0.2, -0.15) is 0 Å². The minimum atomic E-state index is -0.877. The monoisotopic (exact) mass is 299 g/mol. The maximum absolute atomic E-state index is 13.6. The van der Waals surface area contributed by atoms with E-state index >= 15 is 0 Å². The third-order valence-electron chi connectivity index (χ3n) is 2.36. The van der Waals surface area contributed by atoms with Crippen molar-refractivity contribution in [3.8, 4) is 0 Å². The molecule has 0 saturated heterocycles. The van der Waals surface area contributed by atoms with Gasteiger partial charge in [0, 0.05) is 6.20 Å². The van der Waals surface area contributed by atoms with Gasteiger partial charge in [-0.15, -0.1) is 0 Å². The number of rotatable bonds is 2. The summed E-state index contributed by atoms with van der Waals surface area (Å²) < 4.78 is 13.6. The van der Waals surface area contributed by atoms with Crippen LogP contribution in [0.3, 0.4) is 0 Å². The van der Waals surface area contributed by atoms with E-state index in [0.717, 1.165) is 0 Å². The zero-order valence-electron chi connectivity index (χ0n) is 9.45. The van der Waals surface area contributed by atoms with Crippen molar-refractivity contribution < 1.29 is 9.18 Å². The molecule has 0 radical (unpaired) electrons. The minimum Gasteiger partial charge on any atom is -0.381 e. The van der Waals surface area contributed by atoms with Crippen molar-refractivity contribution in [2.24, 2.45) is 0 Å². The Hall–Kier alpha value is -1.85. The summed E-state index contributed by atoms with van der Waals surface area (Å²) in [5.74, 6) is -1.90. The number of pyridine rings is 1. The van der Waals surface area contributed by atoms with E-state index in [4.69, 9.17) is 28.9 Å². The van der Waals surface area contributed by atoms with E-state index in [1.807, 2.05) is 0 Å². The Kier molecular flexibility index (Phi) is 3.87. The topological polar surface area (TPSA) is 68.0 Å². The van der Waals surface area contributed by atoms with Crippen LogP contribution in [0.5, 0.6) is 0 Å². The molecule has 0 spiro atoms. The number of amides is 1. The summed E-state index contributed by atoms with van der Waals surface area (Å²) in [4.78, 5) is 15.5. The van der Waals surface area contributed by atoms with Gasteiger partial charge in [0.2, 0.25) is 0 Å². The molecule has 0 aliphatic carbocycles. The van der Waals surface area contributed by atoms with E-state index in [9.17, 15) is 9.18 Å². The van der Waals surface area contributed by atoms with Crippen molar-refractivity contribution in [2.75, 3.05) is 11.1 Å². The number of aromatic nitrogens is 1. The zero-order valence-corrected chi connectivity index (χ0v) is 11.0. The predicted molar refractivity (Wildman–Crippen MR) is 73.0 cm³/mol. The van der Waals surface area contributed by atoms with Crippen LogP contribution in [0.25, 0.3) is 0 Å². The highest BCUT2D eigenvalue weighted by molar-refractivity contribution is 6.44. The fourth-order valence-electron chi connectivity index (χ4n) is 1.43. The Morgan fingerprint density at radius 2 is 2.05 bits per heavy atom. The molecule has 1 heterocycles. The Labute approximate surface area is 118 Å². The highest BCUT2D eigenvalue weighted by Gasteiger charge is 2.16. The normalized spacial score (nSPS) is 10.3. The van der Waals surface area contributed by atoms with Crippen molar-refractivity contribution in [2.45, 2.75) is 0 Å². The standard InChI is InChI=1S/C12H8Cl2FN3O/c13-7-2-1-3-8(9(7)14)18-12(19)6-4-5-17-11(16)10(6)15/h1-5H,(H2,16,17)(H,18,19). The molecule has 7 heteroatoms. The summed E-state index contributed by atoms with van der Waals surface area (Å²) in [6, 6.07) is 5.96. The lowest BCUT2D eigenvalue weighted by molar-refractivity contribution is 0.102. The van der Waals surface area contributed by atoms with Crippen molar-refractivity contribution in [1.29, 1.82) is 0 Å². The highest BCUT2D eigenvalue weighted by Crippen LogP contribution is 2.30. The fraction of sp³-hybridized carbons (Fsp3) is 0. The molecule has 0 atom stereocenters. The lowest BCUT2D eigenvalue weighted by atomic mass is 10.2. The van der Waals surface area contributed by atoms with Crippen molar-refractivity contribution in [1.82, 2.24) is 4.98 Å². The average molecular weight is 300 g/mol. The number of nitrogens with two attached hydrogens (primary N) is 1. The predicted octanol–water partition coefficient (Wildman–Crippen LogP) is 3.36. The second-order valence-corrected chi connectivity index (χ2v) is 4.40. The largest absolute Gasteiger partial charge is 0.381 e. The number of anilines is 2. The van der Waals surface area contributed by atoms with Crippen LogP contribution in [0.4, 0.5) is 15.9 Å². The fourth-order valence-corrected chi connectivity index (χ4v) is 1.77. The quantitative estimate of drug-likeness (QED) is 0.893. The van der Waals surface area contributed by atoms with Crippen molar-refractivity contribution in [3.05, 3.63) is 51.9 Å². The zero-order chi connectivity index (χ0) is 14.0. The molecule has 4 nitrogen and oxygen atoms in total. The minimum absolute atomic E-state index is 0.181. The molecule has 1 aromatic carbocycles. The molecule has 1 amide bonds. The Bertz CT molecular complexity index is 649. The van der Waals surface area contributed by atoms with Crippen LogP contribution in [0, 0.1) is 5.82 Å². The molecule has 0 fully saturated rings. The summed E-state index contributed by atoms with van der Waals surface area (Å²) >= 11 is 11.7. The first-order valence-electron chi connectivity index (χ1n) is 5.16. The van der Waals surface area contributed by atoms with Gasteiger partial charge in [0.15, 0.2) is 11.6 Å². The average Bonchev–Trinajstić information content (AvgIpc) is 2.38. The van der Waals surface area contributed by atoms with Gasteiger partial charge in [-0.25, -0.2) is 9.37 Å². The SMILES string of the molecule is Nc1nccc(C(=O)Nc2cccc(Cl)c2Cl)c1F. The summed E-state index contributed by atoms with van der Waals surface area (Å²) in [7, 11) is 0. The van der Waals surface area contributed by atoms with E-state index in [1.165, 1.54) is 12.3 Å². The van der Waals surface area contributed by atoms with Gasteiger partial charge in [0.25, 0.3) is 5.91 Å². The first-order chi connectivity index (χ1) is 9.00. The molecule has 0 bridgehead atoms. The molecule has 2 aromatic rings. The molecular formula is C12H8Cl2FN3O. The van der Waals surface area contributed by atoms with Gasteiger partial charge in [-0.3, -0.25) is 4.79 Å².